The second kappa shape index (κ2) is 6.45. The van der Waals surface area contributed by atoms with Gasteiger partial charge in [0.15, 0.2) is 0 Å². The van der Waals surface area contributed by atoms with Gasteiger partial charge in [-0.1, -0.05) is 49.0 Å². The number of nitrogens with zero attached hydrogens (tertiary/aromatic N) is 1. The van der Waals surface area contributed by atoms with Gasteiger partial charge in [-0.2, -0.15) is 0 Å². The van der Waals surface area contributed by atoms with E-state index in [4.69, 9.17) is 0 Å². The molecule has 2 aliphatic heterocycles. The Kier molecular flexibility index (Phi) is 4.42. The maximum absolute atomic E-state index is 13.0. The predicted octanol–water partition coefficient (Wildman–Crippen LogP) is 4.47. The molecule has 3 nitrogen and oxygen atoms in total. The van der Waals surface area contributed by atoms with Crippen molar-refractivity contribution < 1.29 is 8.42 Å². The minimum absolute atomic E-state index is 0.457. The molecule has 132 valence electrons. The lowest BCUT2D eigenvalue weighted by Gasteiger charge is -2.24. The molecule has 2 heterocycles. The summed E-state index contributed by atoms with van der Waals surface area (Å²) in [6, 6.07) is 14.6. The molecule has 1 saturated heterocycles. The van der Waals surface area contributed by atoms with Crippen molar-refractivity contribution in [3.8, 4) is 0 Å². The fourth-order valence-electron chi connectivity index (χ4n) is 3.68. The molecule has 0 saturated carbocycles. The summed E-state index contributed by atoms with van der Waals surface area (Å²) in [7, 11) is -3.29. The summed E-state index contributed by atoms with van der Waals surface area (Å²) in [4.78, 5) is 2.54. The third kappa shape index (κ3) is 3.14. The average Bonchev–Trinajstić information content (AvgIpc) is 3.06. The van der Waals surface area contributed by atoms with Crippen LogP contribution >= 0.6 is 11.8 Å². The van der Waals surface area contributed by atoms with Gasteiger partial charge >= 0.3 is 0 Å². The summed E-state index contributed by atoms with van der Waals surface area (Å²) < 4.78 is 27.6. The molecule has 2 aliphatic rings. The van der Waals surface area contributed by atoms with E-state index in [0.29, 0.717) is 19.0 Å². The van der Waals surface area contributed by atoms with Crippen molar-refractivity contribution in [1.29, 1.82) is 0 Å². The molecular weight excluding hydrogens is 350 g/mol. The molecule has 25 heavy (non-hydrogen) atoms. The lowest BCUT2D eigenvalue weighted by molar-refractivity contribution is 0.456. The predicted molar refractivity (Wildman–Crippen MR) is 103 cm³/mol. The molecule has 2 atom stereocenters. The van der Waals surface area contributed by atoms with Crippen LogP contribution in [0.4, 0.5) is 0 Å². The summed E-state index contributed by atoms with van der Waals surface area (Å²) in [5.41, 5.74) is 3.46. The molecule has 0 bridgehead atoms. The van der Waals surface area contributed by atoms with Crippen LogP contribution in [0.2, 0.25) is 0 Å². The van der Waals surface area contributed by atoms with Crippen molar-refractivity contribution in [2.24, 2.45) is 5.92 Å². The first-order valence-electron chi connectivity index (χ1n) is 8.82. The molecule has 0 N–H and O–H groups in total. The van der Waals surface area contributed by atoms with Crippen LogP contribution in [0.3, 0.4) is 0 Å². The minimum atomic E-state index is -3.29. The largest absolute Gasteiger partial charge is 0.220 e. The molecular formula is C20H23NO2S2. The zero-order chi connectivity index (χ0) is 17.6. The van der Waals surface area contributed by atoms with Crippen LogP contribution in [0.25, 0.3) is 0 Å². The SMILES string of the molecule is CC(c1ccc2c(c1)Cc1ccccc1S2)S(=O)(=O)N1CC[C@H](C)C1. The van der Waals surface area contributed by atoms with Crippen LogP contribution in [0.1, 0.15) is 42.2 Å². The Morgan fingerprint density at radius 2 is 1.88 bits per heavy atom. The standard InChI is InChI=1S/C20H23NO2S2/c1-14-9-10-21(13-14)25(22,23)15(2)16-7-8-20-18(11-16)12-17-5-3-4-6-19(17)24-20/h3-8,11,14-15H,9-10,12-13H2,1-2H3/t14-,15?/m0/s1. The van der Waals surface area contributed by atoms with Crippen LogP contribution in [-0.2, 0) is 16.4 Å². The molecule has 2 aromatic rings. The van der Waals surface area contributed by atoms with Gasteiger partial charge in [0, 0.05) is 22.9 Å². The first kappa shape index (κ1) is 17.1. The lowest BCUT2D eigenvalue weighted by atomic mass is 10.0. The average molecular weight is 374 g/mol. The fourth-order valence-corrected chi connectivity index (χ4v) is 6.50. The van der Waals surface area contributed by atoms with Crippen molar-refractivity contribution >= 4 is 21.8 Å². The lowest BCUT2D eigenvalue weighted by Crippen LogP contribution is -2.32. The Morgan fingerprint density at radius 1 is 1.12 bits per heavy atom. The number of rotatable bonds is 3. The normalized spacial score (nSPS) is 21.6. The highest BCUT2D eigenvalue weighted by Gasteiger charge is 2.34. The fraction of sp³-hybridized carbons (Fsp3) is 0.400. The topological polar surface area (TPSA) is 37.4 Å². The second-order valence-electron chi connectivity index (χ2n) is 7.19. The number of sulfonamides is 1. The highest BCUT2D eigenvalue weighted by Crippen LogP contribution is 2.41. The molecule has 2 aromatic carbocycles. The third-order valence-corrected chi connectivity index (χ3v) is 8.77. The number of hydrogen-bond donors (Lipinski definition) is 0. The highest BCUT2D eigenvalue weighted by molar-refractivity contribution is 7.99. The van der Waals surface area contributed by atoms with Crippen molar-refractivity contribution in [2.75, 3.05) is 13.1 Å². The van der Waals surface area contributed by atoms with Gasteiger partial charge in [-0.15, -0.1) is 0 Å². The van der Waals surface area contributed by atoms with Gasteiger partial charge in [0.05, 0.1) is 5.25 Å². The van der Waals surface area contributed by atoms with Crippen LogP contribution in [0, 0.1) is 5.92 Å². The summed E-state index contributed by atoms with van der Waals surface area (Å²) in [5.74, 6) is 0.457. The summed E-state index contributed by atoms with van der Waals surface area (Å²) in [6.07, 6.45) is 1.84. The van der Waals surface area contributed by atoms with Gasteiger partial charge in [0.25, 0.3) is 0 Å². The molecule has 1 unspecified atom stereocenters. The van der Waals surface area contributed by atoms with E-state index >= 15 is 0 Å². The number of fused-ring (bicyclic) bond motifs is 2. The smallest absolute Gasteiger partial charge is 0.212 e. The zero-order valence-corrected chi connectivity index (χ0v) is 16.2. The Labute approximate surface area is 154 Å². The van der Waals surface area contributed by atoms with Gasteiger partial charge in [-0.3, -0.25) is 0 Å². The van der Waals surface area contributed by atoms with Crippen LogP contribution < -0.4 is 0 Å². The Bertz CT molecular complexity index is 908. The molecule has 0 spiro atoms. The zero-order valence-electron chi connectivity index (χ0n) is 14.6. The van der Waals surface area contributed by atoms with E-state index in [-0.39, 0.29) is 0 Å². The van der Waals surface area contributed by atoms with E-state index in [0.717, 1.165) is 18.4 Å². The maximum atomic E-state index is 13.0. The molecule has 4 rings (SSSR count). The molecule has 0 aliphatic carbocycles. The van der Waals surface area contributed by atoms with Crippen LogP contribution in [-0.4, -0.2) is 25.8 Å². The summed E-state index contributed by atoms with van der Waals surface area (Å²) in [5, 5.41) is -0.495. The second-order valence-corrected chi connectivity index (χ2v) is 10.5. The molecule has 0 aromatic heterocycles. The van der Waals surface area contributed by atoms with E-state index in [1.165, 1.54) is 20.9 Å². The Hall–Kier alpha value is -1.30. The van der Waals surface area contributed by atoms with E-state index < -0.39 is 15.3 Å². The van der Waals surface area contributed by atoms with Gasteiger partial charge in [0.1, 0.15) is 0 Å². The van der Waals surface area contributed by atoms with Crippen molar-refractivity contribution in [3.63, 3.8) is 0 Å². The van der Waals surface area contributed by atoms with Gasteiger partial charge in [0.2, 0.25) is 10.0 Å². The molecule has 0 radical (unpaired) electrons. The van der Waals surface area contributed by atoms with Gasteiger partial charge in [-0.25, -0.2) is 12.7 Å². The maximum Gasteiger partial charge on any atom is 0.220 e. The van der Waals surface area contributed by atoms with E-state index in [2.05, 4.69) is 43.3 Å². The van der Waals surface area contributed by atoms with Crippen molar-refractivity contribution in [3.05, 3.63) is 59.2 Å². The first-order chi connectivity index (χ1) is 11.9. The van der Waals surface area contributed by atoms with E-state index in [9.17, 15) is 8.42 Å². The third-order valence-electron chi connectivity index (χ3n) is 5.32. The molecule has 0 amide bonds. The summed E-state index contributed by atoms with van der Waals surface area (Å²) >= 11 is 1.78. The monoisotopic (exact) mass is 373 g/mol. The highest BCUT2D eigenvalue weighted by atomic mass is 32.2. The quantitative estimate of drug-likeness (QED) is 0.679. The van der Waals surface area contributed by atoms with E-state index in [1.807, 2.05) is 13.0 Å². The molecule has 1 fully saturated rings. The number of hydrogen-bond acceptors (Lipinski definition) is 3. The van der Waals surface area contributed by atoms with Crippen molar-refractivity contribution in [1.82, 2.24) is 4.31 Å². The molecule has 5 heteroatoms. The number of benzene rings is 2. The van der Waals surface area contributed by atoms with Gasteiger partial charge in [-0.05, 0) is 54.5 Å². The Balaban J connectivity index is 1.62. The van der Waals surface area contributed by atoms with Crippen LogP contribution in [0.15, 0.2) is 52.3 Å². The Morgan fingerprint density at radius 3 is 2.64 bits per heavy atom. The van der Waals surface area contributed by atoms with Crippen LogP contribution in [0.5, 0.6) is 0 Å². The summed E-state index contributed by atoms with van der Waals surface area (Å²) in [6.45, 7) is 5.25. The van der Waals surface area contributed by atoms with E-state index in [1.54, 1.807) is 16.1 Å². The van der Waals surface area contributed by atoms with Gasteiger partial charge < -0.3 is 0 Å². The minimum Gasteiger partial charge on any atom is -0.212 e. The van der Waals surface area contributed by atoms with Crippen molar-refractivity contribution in [2.45, 2.75) is 41.7 Å². The first-order valence-corrected chi connectivity index (χ1v) is 11.1.